The van der Waals surface area contributed by atoms with Crippen LogP contribution < -0.4 is 0 Å². The average molecular weight is 287 g/mol. The summed E-state index contributed by atoms with van der Waals surface area (Å²) in [6.45, 7) is -0.310. The van der Waals surface area contributed by atoms with Gasteiger partial charge in [-0.2, -0.15) is 4.31 Å². The zero-order valence-corrected chi connectivity index (χ0v) is 11.7. The smallest absolute Gasteiger partial charge is 0.245 e. The number of aliphatic hydroxyl groups is 1. The SMILES string of the molecule is CN(C1CCCC1)S(=O)(=O)c1cc(CO)ccc1F. The lowest BCUT2D eigenvalue weighted by Crippen LogP contribution is -2.35. The van der Waals surface area contributed by atoms with Crippen LogP contribution in [0.1, 0.15) is 31.2 Å². The van der Waals surface area contributed by atoms with Crippen LogP contribution in [0.25, 0.3) is 0 Å². The predicted molar refractivity (Wildman–Crippen MR) is 69.5 cm³/mol. The lowest BCUT2D eigenvalue weighted by Gasteiger charge is -2.24. The molecule has 0 aromatic heterocycles. The Morgan fingerprint density at radius 3 is 2.58 bits per heavy atom. The molecule has 1 aliphatic rings. The van der Waals surface area contributed by atoms with E-state index in [-0.39, 0.29) is 17.5 Å². The Bertz CT molecular complexity index is 553. The Balaban J connectivity index is 2.38. The Hall–Kier alpha value is -0.980. The van der Waals surface area contributed by atoms with E-state index in [4.69, 9.17) is 5.11 Å². The second kappa shape index (κ2) is 5.56. The van der Waals surface area contributed by atoms with Gasteiger partial charge in [0.05, 0.1) is 6.61 Å². The Kier molecular flexibility index (Phi) is 4.23. The van der Waals surface area contributed by atoms with E-state index in [9.17, 15) is 12.8 Å². The van der Waals surface area contributed by atoms with Gasteiger partial charge < -0.3 is 5.11 Å². The van der Waals surface area contributed by atoms with Crippen LogP contribution >= 0.6 is 0 Å². The number of hydrogen-bond donors (Lipinski definition) is 1. The third-order valence-corrected chi connectivity index (χ3v) is 5.60. The third-order valence-electron chi connectivity index (χ3n) is 3.67. The van der Waals surface area contributed by atoms with Gasteiger partial charge in [-0.15, -0.1) is 0 Å². The maximum atomic E-state index is 13.8. The number of halogens is 1. The number of aliphatic hydroxyl groups excluding tert-OH is 1. The molecule has 0 radical (unpaired) electrons. The fourth-order valence-corrected chi connectivity index (χ4v) is 3.99. The molecule has 1 saturated carbocycles. The number of hydrogen-bond acceptors (Lipinski definition) is 3. The summed E-state index contributed by atoms with van der Waals surface area (Å²) in [6, 6.07) is 3.61. The van der Waals surface area contributed by atoms with E-state index in [1.807, 2.05) is 0 Å². The summed E-state index contributed by atoms with van der Waals surface area (Å²) in [5, 5.41) is 9.04. The molecule has 4 nitrogen and oxygen atoms in total. The van der Waals surface area contributed by atoms with E-state index < -0.39 is 15.8 Å². The van der Waals surface area contributed by atoms with Gasteiger partial charge in [-0.3, -0.25) is 0 Å². The predicted octanol–water partition coefficient (Wildman–Crippen LogP) is 1.88. The summed E-state index contributed by atoms with van der Waals surface area (Å²) < 4.78 is 39.8. The first-order valence-corrected chi connectivity index (χ1v) is 7.78. The first-order valence-electron chi connectivity index (χ1n) is 6.34. The summed E-state index contributed by atoms with van der Waals surface area (Å²) in [4.78, 5) is -0.353. The maximum absolute atomic E-state index is 13.8. The second-order valence-corrected chi connectivity index (χ2v) is 6.85. The van der Waals surface area contributed by atoms with Crippen LogP contribution in [-0.2, 0) is 16.6 Å². The molecule has 1 fully saturated rings. The molecule has 106 valence electrons. The summed E-state index contributed by atoms with van der Waals surface area (Å²) in [7, 11) is -2.34. The molecule has 0 bridgehead atoms. The number of benzene rings is 1. The normalized spacial score (nSPS) is 17.3. The quantitative estimate of drug-likeness (QED) is 0.920. The zero-order valence-electron chi connectivity index (χ0n) is 10.8. The van der Waals surface area contributed by atoms with Crippen LogP contribution in [0.15, 0.2) is 23.1 Å². The maximum Gasteiger partial charge on any atom is 0.245 e. The van der Waals surface area contributed by atoms with Gasteiger partial charge >= 0.3 is 0 Å². The zero-order chi connectivity index (χ0) is 14.0. The van der Waals surface area contributed by atoms with Gasteiger partial charge in [0.25, 0.3) is 0 Å². The van der Waals surface area contributed by atoms with Gasteiger partial charge in [-0.25, -0.2) is 12.8 Å². The van der Waals surface area contributed by atoms with Crippen molar-refractivity contribution in [2.45, 2.75) is 43.2 Å². The van der Waals surface area contributed by atoms with Gasteiger partial charge in [0.15, 0.2) is 0 Å². The average Bonchev–Trinajstić information content (AvgIpc) is 2.92. The van der Waals surface area contributed by atoms with Crippen LogP contribution in [0.5, 0.6) is 0 Å². The van der Waals surface area contributed by atoms with E-state index >= 15 is 0 Å². The molecule has 0 unspecified atom stereocenters. The summed E-state index contributed by atoms with van der Waals surface area (Å²) in [5.41, 5.74) is 0.389. The standard InChI is InChI=1S/C13H18FNO3S/c1-15(11-4-2-3-5-11)19(17,18)13-8-10(9-16)6-7-12(13)14/h6-8,11,16H,2-5,9H2,1H3. The van der Waals surface area contributed by atoms with Crippen molar-refractivity contribution < 1.29 is 17.9 Å². The van der Waals surface area contributed by atoms with Crippen molar-refractivity contribution in [1.82, 2.24) is 4.31 Å². The molecule has 1 aromatic carbocycles. The third kappa shape index (κ3) is 2.80. The molecule has 0 amide bonds. The van der Waals surface area contributed by atoms with Crippen LogP contribution in [0.3, 0.4) is 0 Å². The molecule has 1 aliphatic carbocycles. The summed E-state index contributed by atoms with van der Waals surface area (Å²) in [5.74, 6) is -0.776. The number of rotatable bonds is 4. The molecule has 1 aromatic rings. The van der Waals surface area contributed by atoms with Gasteiger partial charge in [-0.1, -0.05) is 18.9 Å². The molecule has 6 heteroatoms. The van der Waals surface area contributed by atoms with Crippen molar-refractivity contribution in [3.05, 3.63) is 29.6 Å². The Morgan fingerprint density at radius 1 is 1.37 bits per heavy atom. The highest BCUT2D eigenvalue weighted by atomic mass is 32.2. The first-order chi connectivity index (χ1) is 8.96. The van der Waals surface area contributed by atoms with Gasteiger partial charge in [0.2, 0.25) is 10.0 Å². The van der Waals surface area contributed by atoms with Crippen LogP contribution in [0.4, 0.5) is 4.39 Å². The van der Waals surface area contributed by atoms with Crippen LogP contribution in [0, 0.1) is 5.82 Å². The summed E-state index contributed by atoms with van der Waals surface area (Å²) in [6.07, 6.45) is 3.64. The Morgan fingerprint density at radius 2 is 2.00 bits per heavy atom. The highest BCUT2D eigenvalue weighted by Crippen LogP contribution is 2.28. The van der Waals surface area contributed by atoms with Gasteiger partial charge in [0, 0.05) is 13.1 Å². The van der Waals surface area contributed by atoms with Gasteiger partial charge in [0.1, 0.15) is 10.7 Å². The minimum Gasteiger partial charge on any atom is -0.392 e. The minimum atomic E-state index is -3.84. The van der Waals surface area contributed by atoms with E-state index in [1.54, 1.807) is 0 Å². The van der Waals surface area contributed by atoms with E-state index in [2.05, 4.69) is 0 Å². The number of nitrogens with zero attached hydrogens (tertiary/aromatic N) is 1. The number of sulfonamides is 1. The molecular weight excluding hydrogens is 269 g/mol. The van der Waals surface area contributed by atoms with E-state index in [0.717, 1.165) is 31.7 Å². The van der Waals surface area contributed by atoms with Crippen molar-refractivity contribution in [2.75, 3.05) is 7.05 Å². The molecule has 0 spiro atoms. The molecule has 1 N–H and O–H groups in total. The molecule has 0 saturated heterocycles. The van der Waals surface area contributed by atoms with E-state index in [1.165, 1.54) is 23.5 Å². The summed E-state index contributed by atoms with van der Waals surface area (Å²) >= 11 is 0. The molecule has 2 rings (SSSR count). The monoisotopic (exact) mass is 287 g/mol. The van der Waals surface area contributed by atoms with Crippen molar-refractivity contribution in [3.8, 4) is 0 Å². The molecule has 0 heterocycles. The molecule has 0 atom stereocenters. The fourth-order valence-electron chi connectivity index (χ4n) is 2.46. The molecule has 0 aliphatic heterocycles. The second-order valence-electron chi connectivity index (χ2n) is 4.88. The van der Waals surface area contributed by atoms with Gasteiger partial charge in [-0.05, 0) is 30.5 Å². The van der Waals surface area contributed by atoms with Crippen LogP contribution in [0.2, 0.25) is 0 Å². The molecular formula is C13H18FNO3S. The topological polar surface area (TPSA) is 57.6 Å². The Labute approximate surface area is 112 Å². The van der Waals surface area contributed by atoms with Crippen LogP contribution in [-0.4, -0.2) is 30.9 Å². The highest BCUT2D eigenvalue weighted by molar-refractivity contribution is 7.89. The first kappa shape index (κ1) is 14.4. The lowest BCUT2D eigenvalue weighted by atomic mass is 10.2. The van der Waals surface area contributed by atoms with Crippen molar-refractivity contribution in [2.24, 2.45) is 0 Å². The largest absolute Gasteiger partial charge is 0.392 e. The van der Waals surface area contributed by atoms with Crippen molar-refractivity contribution in [3.63, 3.8) is 0 Å². The van der Waals surface area contributed by atoms with E-state index in [0.29, 0.717) is 5.56 Å². The minimum absolute atomic E-state index is 0.0535. The fraction of sp³-hybridized carbons (Fsp3) is 0.538. The molecule has 19 heavy (non-hydrogen) atoms. The lowest BCUT2D eigenvalue weighted by molar-refractivity contribution is 0.281. The van der Waals surface area contributed by atoms with Crippen molar-refractivity contribution in [1.29, 1.82) is 0 Å². The highest BCUT2D eigenvalue weighted by Gasteiger charge is 2.31. The van der Waals surface area contributed by atoms with Crippen molar-refractivity contribution >= 4 is 10.0 Å².